The third-order valence-corrected chi connectivity index (χ3v) is 5.56. The largest absolute Gasteiger partial charge is 0.335 e. The predicted molar refractivity (Wildman–Crippen MR) is 93.7 cm³/mol. The number of rotatable bonds is 4. The van der Waals surface area contributed by atoms with Crippen LogP contribution < -0.4 is 0 Å². The summed E-state index contributed by atoms with van der Waals surface area (Å²) in [4.78, 5) is 18.9. The second kappa shape index (κ2) is 7.31. The Labute approximate surface area is 139 Å². The SMILES string of the molecule is CSc1ccc(CN2CCN(C(=O)c3cccs3)CC2)cc1. The molecule has 0 bridgehead atoms. The van der Waals surface area contributed by atoms with Crippen LogP contribution in [0.1, 0.15) is 15.2 Å². The molecule has 1 saturated heterocycles. The van der Waals surface area contributed by atoms with E-state index >= 15 is 0 Å². The molecule has 1 aromatic heterocycles. The number of piperazine rings is 1. The number of hydrogen-bond acceptors (Lipinski definition) is 4. The van der Waals surface area contributed by atoms with E-state index in [1.165, 1.54) is 21.8 Å². The van der Waals surface area contributed by atoms with Gasteiger partial charge in [-0.15, -0.1) is 23.1 Å². The first kappa shape index (κ1) is 15.6. The van der Waals surface area contributed by atoms with Crippen molar-refractivity contribution in [1.82, 2.24) is 9.80 Å². The third-order valence-electron chi connectivity index (χ3n) is 3.96. The number of benzene rings is 1. The summed E-state index contributed by atoms with van der Waals surface area (Å²) in [6.45, 7) is 4.50. The molecule has 2 aromatic rings. The van der Waals surface area contributed by atoms with Crippen LogP contribution in [0.25, 0.3) is 0 Å². The van der Waals surface area contributed by atoms with Crippen molar-refractivity contribution < 1.29 is 4.79 Å². The van der Waals surface area contributed by atoms with Gasteiger partial charge in [-0.3, -0.25) is 9.69 Å². The summed E-state index contributed by atoms with van der Waals surface area (Å²) in [6, 6.07) is 12.6. The lowest BCUT2D eigenvalue weighted by molar-refractivity contribution is 0.0633. The minimum absolute atomic E-state index is 0.180. The van der Waals surface area contributed by atoms with E-state index in [0.717, 1.165) is 37.6 Å². The molecule has 0 unspecified atom stereocenters. The Morgan fingerprint density at radius 1 is 1.14 bits per heavy atom. The number of carbonyl (C=O) groups is 1. The van der Waals surface area contributed by atoms with Crippen LogP contribution in [0.15, 0.2) is 46.7 Å². The van der Waals surface area contributed by atoms with Crippen LogP contribution in [-0.4, -0.2) is 48.1 Å². The van der Waals surface area contributed by atoms with Crippen molar-refractivity contribution in [3.63, 3.8) is 0 Å². The van der Waals surface area contributed by atoms with Gasteiger partial charge in [-0.1, -0.05) is 18.2 Å². The van der Waals surface area contributed by atoms with Gasteiger partial charge in [0.05, 0.1) is 4.88 Å². The fourth-order valence-electron chi connectivity index (χ4n) is 2.65. The minimum atomic E-state index is 0.180. The summed E-state index contributed by atoms with van der Waals surface area (Å²) in [5.74, 6) is 0.180. The lowest BCUT2D eigenvalue weighted by atomic mass is 10.2. The van der Waals surface area contributed by atoms with Crippen molar-refractivity contribution in [2.45, 2.75) is 11.4 Å². The summed E-state index contributed by atoms with van der Waals surface area (Å²) in [5, 5.41) is 1.96. The highest BCUT2D eigenvalue weighted by molar-refractivity contribution is 7.98. The fourth-order valence-corrected chi connectivity index (χ4v) is 3.75. The highest BCUT2D eigenvalue weighted by Gasteiger charge is 2.22. The van der Waals surface area contributed by atoms with Crippen LogP contribution in [0.5, 0.6) is 0 Å². The highest BCUT2D eigenvalue weighted by atomic mass is 32.2. The average molecular weight is 332 g/mol. The number of carbonyl (C=O) groups excluding carboxylic acids is 1. The Hall–Kier alpha value is -1.30. The van der Waals surface area contributed by atoms with Gasteiger partial charge in [0, 0.05) is 37.6 Å². The molecule has 0 atom stereocenters. The molecular formula is C17H20N2OS2. The Bertz CT molecular complexity index is 602. The molecule has 0 radical (unpaired) electrons. The van der Waals surface area contributed by atoms with Gasteiger partial charge in [0.2, 0.25) is 0 Å². The first-order valence-electron chi connectivity index (χ1n) is 7.44. The molecule has 116 valence electrons. The number of hydrogen-bond donors (Lipinski definition) is 0. The molecule has 2 heterocycles. The van der Waals surface area contributed by atoms with Gasteiger partial charge >= 0.3 is 0 Å². The molecule has 0 aliphatic carbocycles. The number of thiophene rings is 1. The Morgan fingerprint density at radius 2 is 1.86 bits per heavy atom. The lowest BCUT2D eigenvalue weighted by Gasteiger charge is -2.34. The maximum absolute atomic E-state index is 12.3. The van der Waals surface area contributed by atoms with Crippen molar-refractivity contribution in [1.29, 1.82) is 0 Å². The summed E-state index contributed by atoms with van der Waals surface area (Å²) in [6.07, 6.45) is 2.10. The van der Waals surface area contributed by atoms with Crippen molar-refractivity contribution in [2.24, 2.45) is 0 Å². The van der Waals surface area contributed by atoms with Crippen LogP contribution in [0.2, 0.25) is 0 Å². The molecule has 3 rings (SSSR count). The van der Waals surface area contributed by atoms with E-state index in [2.05, 4.69) is 35.4 Å². The van der Waals surface area contributed by atoms with Gasteiger partial charge in [0.15, 0.2) is 0 Å². The first-order valence-corrected chi connectivity index (χ1v) is 9.55. The van der Waals surface area contributed by atoms with Gasteiger partial charge in [0.25, 0.3) is 5.91 Å². The van der Waals surface area contributed by atoms with Crippen LogP contribution in [0, 0.1) is 0 Å². The van der Waals surface area contributed by atoms with Crippen molar-refractivity contribution in [2.75, 3.05) is 32.4 Å². The van der Waals surface area contributed by atoms with Gasteiger partial charge < -0.3 is 4.90 Å². The van der Waals surface area contributed by atoms with E-state index in [9.17, 15) is 4.79 Å². The van der Waals surface area contributed by atoms with Crippen molar-refractivity contribution >= 4 is 29.0 Å². The number of nitrogens with zero attached hydrogens (tertiary/aromatic N) is 2. The second-order valence-electron chi connectivity index (χ2n) is 5.39. The van der Waals surface area contributed by atoms with Crippen LogP contribution >= 0.6 is 23.1 Å². The smallest absolute Gasteiger partial charge is 0.264 e. The van der Waals surface area contributed by atoms with Gasteiger partial charge in [0.1, 0.15) is 0 Å². The molecule has 1 fully saturated rings. The maximum Gasteiger partial charge on any atom is 0.264 e. The maximum atomic E-state index is 12.3. The Morgan fingerprint density at radius 3 is 2.45 bits per heavy atom. The molecule has 1 aliphatic rings. The Kier molecular flexibility index (Phi) is 5.18. The average Bonchev–Trinajstić information content (AvgIpc) is 3.10. The van der Waals surface area contributed by atoms with E-state index in [1.807, 2.05) is 22.4 Å². The second-order valence-corrected chi connectivity index (χ2v) is 7.22. The number of amides is 1. The zero-order valence-corrected chi connectivity index (χ0v) is 14.3. The molecule has 1 aromatic carbocycles. The predicted octanol–water partition coefficient (Wildman–Crippen LogP) is 3.43. The topological polar surface area (TPSA) is 23.6 Å². The summed E-state index contributed by atoms with van der Waals surface area (Å²) in [5.41, 5.74) is 1.34. The van der Waals surface area contributed by atoms with E-state index in [0.29, 0.717) is 0 Å². The van der Waals surface area contributed by atoms with E-state index in [-0.39, 0.29) is 5.91 Å². The van der Waals surface area contributed by atoms with Gasteiger partial charge in [-0.05, 0) is 35.4 Å². The summed E-state index contributed by atoms with van der Waals surface area (Å²) in [7, 11) is 0. The molecule has 0 N–H and O–H groups in total. The van der Waals surface area contributed by atoms with Crippen LogP contribution in [-0.2, 0) is 6.54 Å². The van der Waals surface area contributed by atoms with Gasteiger partial charge in [-0.25, -0.2) is 0 Å². The van der Waals surface area contributed by atoms with Crippen molar-refractivity contribution in [3.05, 3.63) is 52.2 Å². The molecule has 22 heavy (non-hydrogen) atoms. The highest BCUT2D eigenvalue weighted by Crippen LogP contribution is 2.17. The molecule has 3 nitrogen and oxygen atoms in total. The van der Waals surface area contributed by atoms with Crippen LogP contribution in [0.4, 0.5) is 0 Å². The lowest BCUT2D eigenvalue weighted by Crippen LogP contribution is -2.48. The Balaban J connectivity index is 1.52. The zero-order chi connectivity index (χ0) is 15.4. The molecule has 0 spiro atoms. The molecule has 5 heteroatoms. The summed E-state index contributed by atoms with van der Waals surface area (Å²) >= 11 is 3.29. The van der Waals surface area contributed by atoms with Gasteiger partial charge in [-0.2, -0.15) is 0 Å². The zero-order valence-electron chi connectivity index (χ0n) is 12.7. The standard InChI is InChI=1S/C17H20N2OS2/c1-21-15-6-4-14(5-7-15)13-18-8-10-19(11-9-18)17(20)16-3-2-12-22-16/h2-7,12H,8-11,13H2,1H3. The molecule has 0 saturated carbocycles. The molecule has 1 aliphatic heterocycles. The van der Waals surface area contributed by atoms with Crippen molar-refractivity contribution in [3.8, 4) is 0 Å². The summed E-state index contributed by atoms with van der Waals surface area (Å²) < 4.78 is 0. The normalized spacial score (nSPS) is 16.0. The van der Waals surface area contributed by atoms with E-state index in [1.54, 1.807) is 11.8 Å². The first-order chi connectivity index (χ1) is 10.8. The van der Waals surface area contributed by atoms with E-state index < -0.39 is 0 Å². The minimum Gasteiger partial charge on any atom is -0.335 e. The van der Waals surface area contributed by atoms with E-state index in [4.69, 9.17) is 0 Å². The fraction of sp³-hybridized carbons (Fsp3) is 0.353. The third kappa shape index (κ3) is 3.72. The molecule has 1 amide bonds. The van der Waals surface area contributed by atoms with Crippen LogP contribution in [0.3, 0.4) is 0 Å². The quantitative estimate of drug-likeness (QED) is 0.802. The monoisotopic (exact) mass is 332 g/mol. The number of thioether (sulfide) groups is 1. The molecular weight excluding hydrogens is 312 g/mol.